The topological polar surface area (TPSA) is 111 Å². The van der Waals surface area contributed by atoms with E-state index >= 15 is 0 Å². The van der Waals surface area contributed by atoms with Gasteiger partial charge in [-0.25, -0.2) is 9.78 Å². The van der Waals surface area contributed by atoms with Crippen LogP contribution < -0.4 is 11.1 Å². The Hall–Kier alpha value is -4.04. The average molecular weight is 431 g/mol. The first-order chi connectivity index (χ1) is 15.0. The van der Waals surface area contributed by atoms with Gasteiger partial charge in [-0.1, -0.05) is 24.3 Å². The molecule has 0 aliphatic rings. The first-order valence-corrected chi connectivity index (χ1v) is 10.2. The van der Waals surface area contributed by atoms with Gasteiger partial charge in [-0.2, -0.15) is 0 Å². The molecule has 31 heavy (non-hydrogen) atoms. The van der Waals surface area contributed by atoms with Crippen LogP contribution >= 0.6 is 11.3 Å². The highest BCUT2D eigenvalue weighted by Gasteiger charge is 2.17. The van der Waals surface area contributed by atoms with Crippen LogP contribution in [0.3, 0.4) is 0 Å². The van der Waals surface area contributed by atoms with Crippen LogP contribution in [0.1, 0.15) is 20.7 Å². The molecule has 0 unspecified atom stereocenters. The first-order valence-electron chi connectivity index (χ1n) is 9.32. The lowest BCUT2D eigenvalue weighted by Crippen LogP contribution is -2.21. The quantitative estimate of drug-likeness (QED) is 0.450. The van der Waals surface area contributed by atoms with E-state index in [0.717, 1.165) is 4.88 Å². The number of nitrogens with one attached hydrogen (secondary N) is 1. The van der Waals surface area contributed by atoms with Gasteiger partial charge in [-0.3, -0.25) is 9.59 Å². The second-order valence-corrected chi connectivity index (χ2v) is 7.56. The molecule has 4 rings (SSSR count). The fourth-order valence-corrected chi connectivity index (χ4v) is 3.70. The summed E-state index contributed by atoms with van der Waals surface area (Å²) in [7, 11) is 0. The van der Waals surface area contributed by atoms with Gasteiger partial charge in [0.1, 0.15) is 0 Å². The lowest BCUT2D eigenvalue weighted by Gasteiger charge is -2.10. The number of nitrogens with two attached hydrogens (primary N) is 1. The SMILES string of the molecule is NC(=O)c1ccc(NC(=O)COC(=O)c2cc(-c3cccs3)nc3ccccc23)cc1. The summed E-state index contributed by atoms with van der Waals surface area (Å²) in [5, 5.41) is 5.19. The highest BCUT2D eigenvalue weighted by Crippen LogP contribution is 2.28. The molecular weight excluding hydrogens is 414 g/mol. The fourth-order valence-electron chi connectivity index (χ4n) is 3.02. The van der Waals surface area contributed by atoms with Crippen molar-refractivity contribution in [3.05, 3.63) is 83.2 Å². The number of thiophene rings is 1. The van der Waals surface area contributed by atoms with Crippen LogP contribution in [-0.4, -0.2) is 29.4 Å². The molecule has 0 bridgehead atoms. The Morgan fingerprint density at radius 2 is 1.77 bits per heavy atom. The van der Waals surface area contributed by atoms with Crippen molar-refractivity contribution in [1.82, 2.24) is 4.98 Å². The van der Waals surface area contributed by atoms with E-state index in [9.17, 15) is 14.4 Å². The fraction of sp³-hybridized carbons (Fsp3) is 0.0435. The molecule has 4 aromatic rings. The van der Waals surface area contributed by atoms with Crippen molar-refractivity contribution in [1.29, 1.82) is 0 Å². The number of ether oxygens (including phenoxy) is 1. The summed E-state index contributed by atoms with van der Waals surface area (Å²) >= 11 is 1.52. The minimum absolute atomic E-state index is 0.329. The van der Waals surface area contributed by atoms with E-state index in [1.54, 1.807) is 24.3 Å². The molecular formula is C23H17N3O4S. The lowest BCUT2D eigenvalue weighted by atomic mass is 10.1. The maximum Gasteiger partial charge on any atom is 0.339 e. The van der Waals surface area contributed by atoms with E-state index in [4.69, 9.17) is 10.5 Å². The van der Waals surface area contributed by atoms with Crippen molar-refractivity contribution < 1.29 is 19.1 Å². The Balaban J connectivity index is 1.49. The monoisotopic (exact) mass is 431 g/mol. The number of para-hydroxylation sites is 1. The number of carbonyl (C=O) groups is 3. The van der Waals surface area contributed by atoms with E-state index in [1.165, 1.54) is 23.5 Å². The summed E-state index contributed by atoms with van der Waals surface area (Å²) in [5.41, 5.74) is 7.66. The number of rotatable bonds is 6. The first kappa shape index (κ1) is 20.2. The highest BCUT2D eigenvalue weighted by atomic mass is 32.1. The van der Waals surface area contributed by atoms with Crippen LogP contribution in [0.2, 0.25) is 0 Å². The number of pyridine rings is 1. The van der Waals surface area contributed by atoms with Crippen LogP contribution in [0.4, 0.5) is 5.69 Å². The molecule has 7 nitrogen and oxygen atoms in total. The van der Waals surface area contributed by atoms with E-state index < -0.39 is 24.4 Å². The Morgan fingerprint density at radius 3 is 2.48 bits per heavy atom. The summed E-state index contributed by atoms with van der Waals surface area (Å²) in [5.74, 6) is -1.68. The molecule has 0 aliphatic heterocycles. The normalized spacial score (nSPS) is 10.6. The standard InChI is InChI=1S/C23H17N3O4S/c24-22(28)14-7-9-15(10-8-14)25-21(27)13-30-23(29)17-12-19(20-6-3-11-31-20)26-18-5-2-1-4-16(17)18/h1-12H,13H2,(H2,24,28)(H,25,27). The van der Waals surface area contributed by atoms with Gasteiger partial charge in [0.25, 0.3) is 5.91 Å². The molecule has 2 heterocycles. The molecule has 2 aromatic carbocycles. The van der Waals surface area contributed by atoms with Crippen LogP contribution in [0.15, 0.2) is 72.1 Å². The second-order valence-electron chi connectivity index (χ2n) is 6.62. The molecule has 0 saturated carbocycles. The van der Waals surface area contributed by atoms with Gasteiger partial charge in [0, 0.05) is 16.6 Å². The van der Waals surface area contributed by atoms with Crippen molar-refractivity contribution in [2.75, 3.05) is 11.9 Å². The number of primary amides is 1. The molecule has 0 atom stereocenters. The molecule has 2 amide bonds. The number of benzene rings is 2. The van der Waals surface area contributed by atoms with E-state index in [0.29, 0.717) is 33.4 Å². The third-order valence-electron chi connectivity index (χ3n) is 4.50. The second kappa shape index (κ2) is 8.76. The Kier molecular flexibility index (Phi) is 5.72. The summed E-state index contributed by atoms with van der Waals surface area (Å²) in [6.45, 7) is -0.457. The minimum atomic E-state index is -0.615. The van der Waals surface area contributed by atoms with E-state index in [1.807, 2.05) is 35.7 Å². The molecule has 0 aliphatic carbocycles. The Labute approximate surface area is 181 Å². The summed E-state index contributed by atoms with van der Waals surface area (Å²) in [4.78, 5) is 41.6. The van der Waals surface area contributed by atoms with E-state index in [2.05, 4.69) is 10.3 Å². The zero-order valence-electron chi connectivity index (χ0n) is 16.2. The number of esters is 1. The lowest BCUT2D eigenvalue weighted by molar-refractivity contribution is -0.119. The molecule has 8 heteroatoms. The predicted octanol–water partition coefficient (Wildman–Crippen LogP) is 3.86. The largest absolute Gasteiger partial charge is 0.452 e. The summed E-state index contributed by atoms with van der Waals surface area (Å²) < 4.78 is 5.26. The van der Waals surface area contributed by atoms with Crippen molar-refractivity contribution >= 4 is 45.7 Å². The van der Waals surface area contributed by atoms with E-state index in [-0.39, 0.29) is 0 Å². The van der Waals surface area contributed by atoms with Gasteiger partial charge in [0.05, 0.1) is 21.7 Å². The molecule has 0 fully saturated rings. The van der Waals surface area contributed by atoms with Crippen molar-refractivity contribution in [2.24, 2.45) is 5.73 Å². The van der Waals surface area contributed by atoms with Gasteiger partial charge in [0.15, 0.2) is 6.61 Å². The van der Waals surface area contributed by atoms with Gasteiger partial charge >= 0.3 is 5.97 Å². The number of nitrogens with zero attached hydrogens (tertiary/aromatic N) is 1. The van der Waals surface area contributed by atoms with Gasteiger partial charge < -0.3 is 15.8 Å². The average Bonchev–Trinajstić information content (AvgIpc) is 3.32. The molecule has 154 valence electrons. The van der Waals surface area contributed by atoms with Crippen molar-refractivity contribution in [3.63, 3.8) is 0 Å². The molecule has 3 N–H and O–H groups in total. The summed E-state index contributed by atoms with van der Waals surface area (Å²) in [6.07, 6.45) is 0. The maximum absolute atomic E-state index is 12.8. The van der Waals surface area contributed by atoms with Crippen LogP contribution in [-0.2, 0) is 9.53 Å². The molecule has 2 aromatic heterocycles. The summed E-state index contributed by atoms with van der Waals surface area (Å²) in [6, 6.07) is 18.9. The number of anilines is 1. The smallest absolute Gasteiger partial charge is 0.339 e. The van der Waals surface area contributed by atoms with Gasteiger partial charge in [0.2, 0.25) is 5.91 Å². The molecule has 0 radical (unpaired) electrons. The third kappa shape index (κ3) is 4.59. The number of amides is 2. The zero-order valence-corrected chi connectivity index (χ0v) is 17.0. The molecule has 0 saturated heterocycles. The zero-order chi connectivity index (χ0) is 21.8. The van der Waals surface area contributed by atoms with Gasteiger partial charge in [-0.05, 0) is 47.8 Å². The Morgan fingerprint density at radius 1 is 1.00 bits per heavy atom. The third-order valence-corrected chi connectivity index (χ3v) is 5.39. The van der Waals surface area contributed by atoms with Crippen molar-refractivity contribution in [3.8, 4) is 10.6 Å². The predicted molar refractivity (Wildman–Crippen MR) is 119 cm³/mol. The van der Waals surface area contributed by atoms with Crippen LogP contribution in [0.5, 0.6) is 0 Å². The van der Waals surface area contributed by atoms with Crippen molar-refractivity contribution in [2.45, 2.75) is 0 Å². The maximum atomic E-state index is 12.8. The Bertz CT molecular complexity index is 1270. The minimum Gasteiger partial charge on any atom is -0.452 e. The number of fused-ring (bicyclic) bond motifs is 1. The van der Waals surface area contributed by atoms with Crippen LogP contribution in [0.25, 0.3) is 21.5 Å². The van der Waals surface area contributed by atoms with Crippen LogP contribution in [0, 0.1) is 0 Å². The number of carbonyl (C=O) groups excluding carboxylic acids is 3. The highest BCUT2D eigenvalue weighted by molar-refractivity contribution is 7.13. The number of hydrogen-bond acceptors (Lipinski definition) is 6. The number of aromatic nitrogens is 1. The number of hydrogen-bond donors (Lipinski definition) is 2. The van der Waals surface area contributed by atoms with Gasteiger partial charge in [-0.15, -0.1) is 11.3 Å². The molecule has 0 spiro atoms.